The van der Waals surface area contributed by atoms with E-state index in [9.17, 15) is 0 Å². The van der Waals surface area contributed by atoms with Crippen molar-refractivity contribution in [2.45, 2.75) is 6.17 Å². The molecule has 6 heteroatoms. The molecule has 0 atom stereocenters. The molecule has 3 aromatic carbocycles. The number of pyridine rings is 2. The number of nitrogens with zero attached hydrogens (tertiary/aromatic N) is 3. The van der Waals surface area contributed by atoms with Gasteiger partial charge in [0, 0.05) is 39.7 Å². The molecule has 0 saturated heterocycles. The number of para-hydroxylation sites is 1. The van der Waals surface area contributed by atoms with Gasteiger partial charge in [-0.2, -0.15) is 4.73 Å². The van der Waals surface area contributed by atoms with Gasteiger partial charge in [0.05, 0.1) is 33.6 Å². The number of anilines is 2. The predicted octanol–water partition coefficient (Wildman–Crippen LogP) is 6.00. The van der Waals surface area contributed by atoms with Crippen molar-refractivity contribution in [3.63, 3.8) is 0 Å². The minimum Gasteiger partial charge on any atom is -0.416 e. The average molecular weight is 444 g/mol. The molecule has 7 rings (SSSR count). The maximum Gasteiger partial charge on any atom is 0.126 e. The lowest BCUT2D eigenvalue weighted by molar-refractivity contribution is 0.183. The summed E-state index contributed by atoms with van der Waals surface area (Å²) in [4.78, 5) is 15.2. The Hall–Kier alpha value is -4.58. The SMILES string of the molecule is COn1c(-c2ccccc2)c(C2Nc3c(c4cccnc4c4ncccc34)N2)c2ccccc21. The quantitative estimate of drug-likeness (QED) is 0.329. The molecule has 0 bridgehead atoms. The molecule has 0 fully saturated rings. The van der Waals surface area contributed by atoms with E-state index < -0.39 is 0 Å². The summed E-state index contributed by atoms with van der Waals surface area (Å²) in [6.45, 7) is 0. The zero-order chi connectivity index (χ0) is 22.6. The second-order valence-corrected chi connectivity index (χ2v) is 8.39. The van der Waals surface area contributed by atoms with Gasteiger partial charge in [-0.05, 0) is 30.3 Å². The highest BCUT2D eigenvalue weighted by Crippen LogP contribution is 2.48. The molecule has 0 radical (unpaired) electrons. The van der Waals surface area contributed by atoms with Gasteiger partial charge in [0.2, 0.25) is 0 Å². The van der Waals surface area contributed by atoms with Crippen LogP contribution in [0.15, 0.2) is 91.3 Å². The Bertz CT molecular complexity index is 1640. The van der Waals surface area contributed by atoms with Gasteiger partial charge in [0.25, 0.3) is 0 Å². The van der Waals surface area contributed by atoms with Crippen LogP contribution in [0.5, 0.6) is 0 Å². The van der Waals surface area contributed by atoms with Crippen LogP contribution in [0.3, 0.4) is 0 Å². The summed E-state index contributed by atoms with van der Waals surface area (Å²) in [5.41, 5.74) is 8.15. The summed E-state index contributed by atoms with van der Waals surface area (Å²) in [6.07, 6.45) is 3.48. The molecule has 0 aliphatic carbocycles. The van der Waals surface area contributed by atoms with Gasteiger partial charge in [-0.3, -0.25) is 9.97 Å². The Morgan fingerprint density at radius 3 is 1.94 bits per heavy atom. The van der Waals surface area contributed by atoms with Gasteiger partial charge in [-0.25, -0.2) is 0 Å². The summed E-state index contributed by atoms with van der Waals surface area (Å²) >= 11 is 0. The Labute approximate surface area is 195 Å². The number of hydrogen-bond donors (Lipinski definition) is 2. The molecule has 0 spiro atoms. The highest BCUT2D eigenvalue weighted by molar-refractivity contribution is 6.18. The molecular formula is C28H21N5O. The van der Waals surface area contributed by atoms with Crippen molar-refractivity contribution < 1.29 is 4.84 Å². The van der Waals surface area contributed by atoms with E-state index in [1.165, 1.54) is 0 Å². The largest absolute Gasteiger partial charge is 0.416 e. The number of aromatic nitrogens is 3. The number of hydrogen-bond acceptors (Lipinski definition) is 5. The van der Waals surface area contributed by atoms with Crippen molar-refractivity contribution in [1.29, 1.82) is 0 Å². The average Bonchev–Trinajstić information content (AvgIpc) is 3.49. The van der Waals surface area contributed by atoms with E-state index >= 15 is 0 Å². The monoisotopic (exact) mass is 443 g/mol. The van der Waals surface area contributed by atoms with Crippen molar-refractivity contribution in [2.24, 2.45) is 0 Å². The van der Waals surface area contributed by atoms with Crippen molar-refractivity contribution in [3.8, 4) is 11.3 Å². The summed E-state index contributed by atoms with van der Waals surface area (Å²) in [5.74, 6) is 0. The molecule has 4 heterocycles. The molecule has 3 aromatic heterocycles. The minimum absolute atomic E-state index is 0.166. The van der Waals surface area contributed by atoms with E-state index in [2.05, 4.69) is 75.2 Å². The van der Waals surface area contributed by atoms with Crippen LogP contribution in [0, 0.1) is 0 Å². The summed E-state index contributed by atoms with van der Waals surface area (Å²) < 4.78 is 1.92. The zero-order valence-corrected chi connectivity index (χ0v) is 18.5. The van der Waals surface area contributed by atoms with Crippen LogP contribution in [-0.2, 0) is 0 Å². The van der Waals surface area contributed by atoms with E-state index in [0.29, 0.717) is 0 Å². The number of benzene rings is 3. The number of rotatable bonds is 3. The van der Waals surface area contributed by atoms with Crippen LogP contribution < -0.4 is 15.5 Å². The number of nitrogens with one attached hydrogen (secondary N) is 2. The lowest BCUT2D eigenvalue weighted by Gasteiger charge is -2.16. The fourth-order valence-electron chi connectivity index (χ4n) is 5.22. The minimum atomic E-state index is -0.166. The fourth-order valence-corrected chi connectivity index (χ4v) is 5.22. The van der Waals surface area contributed by atoms with Gasteiger partial charge in [0.15, 0.2) is 0 Å². The first-order valence-corrected chi connectivity index (χ1v) is 11.3. The van der Waals surface area contributed by atoms with Crippen molar-refractivity contribution in [2.75, 3.05) is 17.7 Å². The molecule has 2 N–H and O–H groups in total. The first-order chi connectivity index (χ1) is 16.8. The third-order valence-electron chi connectivity index (χ3n) is 6.60. The van der Waals surface area contributed by atoms with Crippen LogP contribution in [0.2, 0.25) is 0 Å². The lowest BCUT2D eigenvalue weighted by Crippen LogP contribution is -2.15. The third-order valence-corrected chi connectivity index (χ3v) is 6.60. The van der Waals surface area contributed by atoms with Gasteiger partial charge >= 0.3 is 0 Å². The first kappa shape index (κ1) is 18.9. The van der Waals surface area contributed by atoms with Crippen LogP contribution in [0.25, 0.3) is 44.0 Å². The molecule has 0 amide bonds. The van der Waals surface area contributed by atoms with Gasteiger partial charge in [0.1, 0.15) is 13.3 Å². The maximum atomic E-state index is 5.91. The predicted molar refractivity (Wildman–Crippen MR) is 137 cm³/mol. The first-order valence-electron chi connectivity index (χ1n) is 11.3. The number of fused-ring (bicyclic) bond motifs is 7. The highest BCUT2D eigenvalue weighted by Gasteiger charge is 2.32. The molecule has 6 aromatic rings. The fraction of sp³-hybridized carbons (Fsp3) is 0.0714. The Morgan fingerprint density at radius 2 is 1.29 bits per heavy atom. The Balaban J connectivity index is 1.51. The van der Waals surface area contributed by atoms with Crippen LogP contribution in [0.1, 0.15) is 11.7 Å². The van der Waals surface area contributed by atoms with E-state index in [4.69, 9.17) is 4.84 Å². The summed E-state index contributed by atoms with van der Waals surface area (Å²) in [7, 11) is 1.71. The van der Waals surface area contributed by atoms with Gasteiger partial charge in [-0.15, -0.1) is 0 Å². The van der Waals surface area contributed by atoms with Crippen LogP contribution in [-0.4, -0.2) is 21.8 Å². The van der Waals surface area contributed by atoms with Gasteiger partial charge in [-0.1, -0.05) is 48.5 Å². The highest BCUT2D eigenvalue weighted by atomic mass is 16.6. The lowest BCUT2D eigenvalue weighted by atomic mass is 10.0. The van der Waals surface area contributed by atoms with Crippen molar-refractivity contribution in [1.82, 2.24) is 14.7 Å². The van der Waals surface area contributed by atoms with E-state index in [-0.39, 0.29) is 6.17 Å². The maximum absolute atomic E-state index is 5.91. The van der Waals surface area contributed by atoms with Crippen LogP contribution >= 0.6 is 0 Å². The normalized spacial score (nSPS) is 13.2. The standard InChI is InChI=1S/C28H21N5O/c1-34-33-21-14-6-5-11-18(21)22(27(33)17-9-3-2-4-10-17)28-31-25-19-12-7-15-29-23(19)24-20(26(25)32-28)13-8-16-30-24/h2-16,28,31-32H,1H3. The van der Waals surface area contributed by atoms with Crippen molar-refractivity contribution in [3.05, 3.63) is 96.8 Å². The molecule has 164 valence electrons. The molecule has 0 saturated carbocycles. The second-order valence-electron chi connectivity index (χ2n) is 8.39. The van der Waals surface area contributed by atoms with Crippen molar-refractivity contribution >= 4 is 44.1 Å². The Kier molecular flexibility index (Phi) is 4.02. The molecular weight excluding hydrogens is 422 g/mol. The molecule has 1 aliphatic heterocycles. The summed E-state index contributed by atoms with van der Waals surface area (Å²) in [6, 6.07) is 26.9. The Morgan fingerprint density at radius 1 is 0.706 bits per heavy atom. The second kappa shape index (κ2) is 7.22. The molecule has 0 unspecified atom stereocenters. The third kappa shape index (κ3) is 2.56. The molecule has 1 aliphatic rings. The van der Waals surface area contributed by atoms with E-state index in [1.54, 1.807) is 7.11 Å². The zero-order valence-electron chi connectivity index (χ0n) is 18.5. The van der Waals surface area contributed by atoms with E-state index in [0.717, 1.165) is 60.9 Å². The smallest absolute Gasteiger partial charge is 0.126 e. The summed E-state index contributed by atoms with van der Waals surface area (Å²) in [5, 5.41) is 10.8. The molecule has 6 nitrogen and oxygen atoms in total. The topological polar surface area (TPSA) is 64.0 Å². The van der Waals surface area contributed by atoms with Gasteiger partial charge < -0.3 is 15.5 Å². The van der Waals surface area contributed by atoms with Crippen LogP contribution in [0.4, 0.5) is 11.4 Å². The van der Waals surface area contributed by atoms with E-state index in [1.807, 2.05) is 41.4 Å². The molecule has 34 heavy (non-hydrogen) atoms.